The van der Waals surface area contributed by atoms with Gasteiger partial charge in [-0.15, -0.1) is 0 Å². The van der Waals surface area contributed by atoms with Crippen LogP contribution in [0.3, 0.4) is 0 Å². The smallest absolute Gasteiger partial charge is 0.268 e. The number of hydrogen-bond acceptors (Lipinski definition) is 4. The van der Waals surface area contributed by atoms with Gasteiger partial charge in [0.15, 0.2) is 0 Å². The molecule has 1 atom stereocenters. The van der Waals surface area contributed by atoms with Gasteiger partial charge in [-0.05, 0) is 79.3 Å². The number of aliphatic hydroxyl groups is 1. The van der Waals surface area contributed by atoms with E-state index in [9.17, 15) is 13.5 Å². The summed E-state index contributed by atoms with van der Waals surface area (Å²) in [5.74, 6) is 0.0884. The van der Waals surface area contributed by atoms with Crippen LogP contribution >= 0.6 is 15.9 Å². The summed E-state index contributed by atoms with van der Waals surface area (Å²) in [6.45, 7) is 9.89. The minimum atomic E-state index is -3.79. The van der Waals surface area contributed by atoms with E-state index >= 15 is 0 Å². The van der Waals surface area contributed by atoms with Crippen molar-refractivity contribution in [3.05, 3.63) is 92.8 Å². The third-order valence-electron chi connectivity index (χ3n) is 6.02. The number of pyridine rings is 1. The van der Waals surface area contributed by atoms with E-state index in [1.54, 1.807) is 36.7 Å². The van der Waals surface area contributed by atoms with E-state index in [2.05, 4.69) is 20.9 Å². The Balaban J connectivity index is 1.89. The third-order valence-corrected chi connectivity index (χ3v) is 8.17. The van der Waals surface area contributed by atoms with Crippen molar-refractivity contribution in [2.45, 2.75) is 51.5 Å². The second-order valence-electron chi connectivity index (χ2n) is 8.84. The van der Waals surface area contributed by atoms with E-state index in [-0.39, 0.29) is 10.8 Å². The molecule has 2 heterocycles. The molecular formula is C26H27BrN2O3S. The number of rotatable bonds is 5. The van der Waals surface area contributed by atoms with Crippen molar-refractivity contribution in [3.63, 3.8) is 0 Å². The van der Waals surface area contributed by atoms with Gasteiger partial charge in [-0.1, -0.05) is 47.5 Å². The van der Waals surface area contributed by atoms with Crippen LogP contribution in [0.4, 0.5) is 0 Å². The summed E-state index contributed by atoms with van der Waals surface area (Å²) in [7, 11) is -3.79. The number of aromatic nitrogens is 2. The Morgan fingerprint density at radius 2 is 1.61 bits per heavy atom. The van der Waals surface area contributed by atoms with E-state index in [0.717, 1.165) is 37.7 Å². The second kappa shape index (κ2) is 8.70. The molecule has 172 valence electrons. The molecule has 1 unspecified atom stereocenters. The quantitative estimate of drug-likeness (QED) is 0.337. The number of nitrogens with zero attached hydrogens (tertiary/aromatic N) is 2. The van der Waals surface area contributed by atoms with Crippen LogP contribution in [0, 0.1) is 20.8 Å². The Hall–Kier alpha value is -2.48. The maximum Gasteiger partial charge on any atom is 0.268 e. The number of halogens is 1. The van der Waals surface area contributed by atoms with Crippen LogP contribution in [-0.4, -0.2) is 22.5 Å². The van der Waals surface area contributed by atoms with Gasteiger partial charge < -0.3 is 5.11 Å². The lowest BCUT2D eigenvalue weighted by molar-refractivity contribution is 0.214. The summed E-state index contributed by atoms with van der Waals surface area (Å²) in [4.78, 5) is 4.72. The molecule has 5 nitrogen and oxygen atoms in total. The van der Waals surface area contributed by atoms with Crippen molar-refractivity contribution < 1.29 is 13.5 Å². The largest absolute Gasteiger partial charge is 0.382 e. The second-order valence-corrected chi connectivity index (χ2v) is 11.6. The van der Waals surface area contributed by atoms with E-state index < -0.39 is 16.1 Å². The SMILES string of the molecule is Cc1ccc(S(=O)(=O)n2cc(C(C)C)c3cc(C(O)c4c(C)cc(Br)cc4C)ncc32)cc1. The normalized spacial score (nSPS) is 13.1. The molecule has 2 aromatic heterocycles. The van der Waals surface area contributed by atoms with E-state index in [1.165, 1.54) is 3.97 Å². The molecule has 33 heavy (non-hydrogen) atoms. The monoisotopic (exact) mass is 526 g/mol. The molecule has 0 radical (unpaired) electrons. The fraction of sp³-hybridized carbons (Fsp3) is 0.269. The van der Waals surface area contributed by atoms with Gasteiger partial charge in [0, 0.05) is 16.1 Å². The molecule has 0 saturated heterocycles. The van der Waals surface area contributed by atoms with Crippen molar-refractivity contribution in [2.75, 3.05) is 0 Å². The van der Waals surface area contributed by atoms with Crippen LogP contribution in [0.15, 0.2) is 64.2 Å². The first-order valence-electron chi connectivity index (χ1n) is 10.8. The van der Waals surface area contributed by atoms with Gasteiger partial charge in [0.05, 0.1) is 22.3 Å². The molecule has 0 saturated carbocycles. The van der Waals surface area contributed by atoms with Crippen LogP contribution in [0.5, 0.6) is 0 Å². The highest BCUT2D eigenvalue weighted by Crippen LogP contribution is 2.34. The van der Waals surface area contributed by atoms with Crippen molar-refractivity contribution in [1.29, 1.82) is 0 Å². The summed E-state index contributed by atoms with van der Waals surface area (Å²) in [5.41, 5.74) is 5.60. The topological polar surface area (TPSA) is 72.2 Å². The zero-order valence-electron chi connectivity index (χ0n) is 19.3. The molecule has 0 bridgehead atoms. The van der Waals surface area contributed by atoms with Crippen LogP contribution in [0.1, 0.15) is 59.4 Å². The van der Waals surface area contributed by atoms with E-state index in [1.807, 2.05) is 52.8 Å². The minimum absolute atomic E-state index is 0.0884. The van der Waals surface area contributed by atoms with Crippen molar-refractivity contribution in [3.8, 4) is 0 Å². The molecule has 0 aliphatic carbocycles. The van der Waals surface area contributed by atoms with Crippen molar-refractivity contribution in [1.82, 2.24) is 8.96 Å². The Morgan fingerprint density at radius 3 is 2.18 bits per heavy atom. The lowest BCUT2D eigenvalue weighted by Gasteiger charge is -2.17. The predicted octanol–water partition coefficient (Wildman–Crippen LogP) is 6.17. The number of aliphatic hydroxyl groups excluding tert-OH is 1. The van der Waals surface area contributed by atoms with Gasteiger partial charge >= 0.3 is 0 Å². The molecule has 0 amide bonds. The number of benzene rings is 2. The highest BCUT2D eigenvalue weighted by Gasteiger charge is 2.25. The van der Waals surface area contributed by atoms with Crippen LogP contribution < -0.4 is 0 Å². The molecular weight excluding hydrogens is 500 g/mol. The highest BCUT2D eigenvalue weighted by atomic mass is 79.9. The zero-order valence-corrected chi connectivity index (χ0v) is 21.7. The Bertz CT molecular complexity index is 1430. The molecule has 0 spiro atoms. The van der Waals surface area contributed by atoms with Gasteiger partial charge in [0.25, 0.3) is 10.0 Å². The van der Waals surface area contributed by atoms with Crippen molar-refractivity contribution >= 4 is 36.9 Å². The molecule has 0 fully saturated rings. The van der Waals surface area contributed by atoms with Gasteiger partial charge in [-0.2, -0.15) is 0 Å². The molecule has 0 aliphatic rings. The Labute approximate surface area is 203 Å². The summed E-state index contributed by atoms with van der Waals surface area (Å²) in [5, 5.41) is 12.0. The number of hydrogen-bond donors (Lipinski definition) is 1. The lowest BCUT2D eigenvalue weighted by Crippen LogP contribution is -2.12. The fourth-order valence-corrected chi connectivity index (χ4v) is 6.32. The maximum atomic E-state index is 13.4. The predicted molar refractivity (Wildman–Crippen MR) is 135 cm³/mol. The lowest BCUT2D eigenvalue weighted by atomic mass is 9.95. The van der Waals surface area contributed by atoms with Gasteiger partial charge in [0.1, 0.15) is 6.10 Å². The standard InChI is InChI=1S/C26H27BrN2O3S/c1-15(2)22-14-29(33(31,32)20-8-6-16(3)7-9-20)24-13-28-23(12-21(22)24)26(30)25-17(4)10-19(27)11-18(25)5/h6-15,26,30H,1-5H3. The third kappa shape index (κ3) is 4.25. The zero-order chi connectivity index (χ0) is 24.1. The highest BCUT2D eigenvalue weighted by molar-refractivity contribution is 9.10. The summed E-state index contributed by atoms with van der Waals surface area (Å²) >= 11 is 3.50. The fourth-order valence-electron chi connectivity index (χ4n) is 4.27. The molecule has 0 aliphatic heterocycles. The Morgan fingerprint density at radius 1 is 1.00 bits per heavy atom. The maximum absolute atomic E-state index is 13.4. The minimum Gasteiger partial charge on any atom is -0.382 e. The average Bonchev–Trinajstić information content (AvgIpc) is 3.13. The molecule has 4 rings (SSSR count). The van der Waals surface area contributed by atoms with Gasteiger partial charge in [-0.3, -0.25) is 4.98 Å². The number of fused-ring (bicyclic) bond motifs is 1. The van der Waals surface area contributed by atoms with Crippen molar-refractivity contribution in [2.24, 2.45) is 0 Å². The Kier molecular flexibility index (Phi) is 6.24. The van der Waals surface area contributed by atoms with E-state index in [0.29, 0.717) is 11.2 Å². The summed E-state index contributed by atoms with van der Waals surface area (Å²) < 4.78 is 29.1. The molecule has 7 heteroatoms. The van der Waals surface area contributed by atoms with Gasteiger partial charge in [-0.25, -0.2) is 12.4 Å². The summed E-state index contributed by atoms with van der Waals surface area (Å²) in [6.07, 6.45) is 2.31. The number of aryl methyl sites for hydroxylation is 3. The molecule has 1 N–H and O–H groups in total. The first-order chi connectivity index (χ1) is 15.5. The van der Waals surface area contributed by atoms with Crippen LogP contribution in [0.25, 0.3) is 10.9 Å². The van der Waals surface area contributed by atoms with Gasteiger partial charge in [0.2, 0.25) is 0 Å². The first kappa shape index (κ1) is 23.7. The van der Waals surface area contributed by atoms with Crippen LogP contribution in [0.2, 0.25) is 0 Å². The molecule has 2 aromatic carbocycles. The van der Waals surface area contributed by atoms with Crippen LogP contribution in [-0.2, 0) is 10.0 Å². The molecule has 4 aromatic rings. The van der Waals surface area contributed by atoms with E-state index in [4.69, 9.17) is 0 Å². The first-order valence-corrected chi connectivity index (χ1v) is 13.0. The summed E-state index contributed by atoms with van der Waals surface area (Å²) in [6, 6.07) is 12.6. The average molecular weight is 527 g/mol.